The van der Waals surface area contributed by atoms with Crippen molar-refractivity contribution in [2.75, 3.05) is 7.11 Å². The highest BCUT2D eigenvalue weighted by Crippen LogP contribution is 2.30. The zero-order chi connectivity index (χ0) is 13.8. The van der Waals surface area contributed by atoms with Gasteiger partial charge in [-0.2, -0.15) is 0 Å². The summed E-state index contributed by atoms with van der Waals surface area (Å²) in [5, 5.41) is 0. The molecule has 19 heavy (non-hydrogen) atoms. The van der Waals surface area contributed by atoms with Crippen molar-refractivity contribution < 1.29 is 9.53 Å². The molecule has 0 atom stereocenters. The molecule has 1 saturated carbocycles. The molecule has 0 heterocycles. The SMILES string of the molecule is COc1ccc(CC(=O)C2CCC(C)CC2)cc1Br. The van der Waals surface area contributed by atoms with Gasteiger partial charge in [-0.25, -0.2) is 0 Å². The minimum Gasteiger partial charge on any atom is -0.496 e. The van der Waals surface area contributed by atoms with Crippen LogP contribution in [0.2, 0.25) is 0 Å². The normalized spacial score (nSPS) is 23.1. The number of carbonyl (C=O) groups excluding carboxylic acids is 1. The molecule has 2 rings (SSSR count). The van der Waals surface area contributed by atoms with Crippen LogP contribution in [0.5, 0.6) is 5.75 Å². The number of carbonyl (C=O) groups is 1. The Hall–Kier alpha value is -0.830. The minimum atomic E-state index is 0.275. The molecule has 0 N–H and O–H groups in total. The number of rotatable bonds is 4. The van der Waals surface area contributed by atoms with Crippen LogP contribution in [0.15, 0.2) is 22.7 Å². The molecule has 0 amide bonds. The van der Waals surface area contributed by atoms with E-state index in [1.165, 1.54) is 12.8 Å². The Bertz CT molecular complexity index is 448. The van der Waals surface area contributed by atoms with Crippen LogP contribution in [0.3, 0.4) is 0 Å². The highest BCUT2D eigenvalue weighted by molar-refractivity contribution is 9.10. The number of ketones is 1. The van der Waals surface area contributed by atoms with E-state index in [2.05, 4.69) is 22.9 Å². The summed E-state index contributed by atoms with van der Waals surface area (Å²) < 4.78 is 6.12. The van der Waals surface area contributed by atoms with E-state index in [1.54, 1.807) is 7.11 Å². The van der Waals surface area contributed by atoms with E-state index in [9.17, 15) is 4.79 Å². The van der Waals surface area contributed by atoms with Gasteiger partial charge in [-0.1, -0.05) is 25.8 Å². The van der Waals surface area contributed by atoms with Crippen molar-refractivity contribution in [3.8, 4) is 5.75 Å². The van der Waals surface area contributed by atoms with Crippen molar-refractivity contribution in [1.82, 2.24) is 0 Å². The fourth-order valence-corrected chi connectivity index (χ4v) is 3.34. The van der Waals surface area contributed by atoms with Gasteiger partial charge in [0.2, 0.25) is 0 Å². The van der Waals surface area contributed by atoms with E-state index >= 15 is 0 Å². The number of methoxy groups -OCH3 is 1. The molecular weight excluding hydrogens is 304 g/mol. The van der Waals surface area contributed by atoms with Crippen LogP contribution >= 0.6 is 15.9 Å². The van der Waals surface area contributed by atoms with E-state index in [0.717, 1.165) is 34.5 Å². The van der Waals surface area contributed by atoms with Crippen molar-refractivity contribution in [2.24, 2.45) is 11.8 Å². The van der Waals surface area contributed by atoms with Gasteiger partial charge >= 0.3 is 0 Å². The van der Waals surface area contributed by atoms with E-state index in [-0.39, 0.29) is 5.92 Å². The summed E-state index contributed by atoms with van der Waals surface area (Å²) in [4.78, 5) is 12.3. The predicted octanol–water partition coefficient (Wildman–Crippen LogP) is 4.40. The molecule has 1 fully saturated rings. The Morgan fingerprint density at radius 3 is 2.58 bits per heavy atom. The van der Waals surface area contributed by atoms with E-state index in [0.29, 0.717) is 12.2 Å². The first-order valence-corrected chi connectivity index (χ1v) is 7.74. The lowest BCUT2D eigenvalue weighted by atomic mass is 9.80. The van der Waals surface area contributed by atoms with Crippen LogP contribution in [0, 0.1) is 11.8 Å². The minimum absolute atomic E-state index is 0.275. The monoisotopic (exact) mass is 324 g/mol. The third-order valence-electron chi connectivity index (χ3n) is 4.07. The number of benzene rings is 1. The van der Waals surface area contributed by atoms with Gasteiger partial charge in [-0.3, -0.25) is 4.79 Å². The number of Topliss-reactive ketones (excluding diaryl/α,β-unsaturated/α-hetero) is 1. The molecule has 0 unspecified atom stereocenters. The fourth-order valence-electron chi connectivity index (χ4n) is 2.75. The van der Waals surface area contributed by atoms with Gasteiger partial charge in [0.25, 0.3) is 0 Å². The Labute approximate surface area is 123 Å². The number of hydrogen-bond acceptors (Lipinski definition) is 2. The largest absolute Gasteiger partial charge is 0.496 e. The third kappa shape index (κ3) is 3.82. The second-order valence-corrected chi connectivity index (χ2v) is 6.42. The quantitative estimate of drug-likeness (QED) is 0.820. The Morgan fingerprint density at radius 1 is 1.32 bits per heavy atom. The molecule has 104 valence electrons. The summed E-state index contributed by atoms with van der Waals surface area (Å²) in [6, 6.07) is 5.88. The van der Waals surface area contributed by atoms with Crippen molar-refractivity contribution in [3.63, 3.8) is 0 Å². The maximum absolute atomic E-state index is 12.3. The number of hydrogen-bond donors (Lipinski definition) is 0. The van der Waals surface area contributed by atoms with E-state index < -0.39 is 0 Å². The maximum Gasteiger partial charge on any atom is 0.140 e. The summed E-state index contributed by atoms with van der Waals surface area (Å²) in [5.74, 6) is 2.27. The van der Waals surface area contributed by atoms with Crippen molar-refractivity contribution >= 4 is 21.7 Å². The van der Waals surface area contributed by atoms with Crippen molar-refractivity contribution in [3.05, 3.63) is 28.2 Å². The fraction of sp³-hybridized carbons (Fsp3) is 0.562. The topological polar surface area (TPSA) is 26.3 Å². The van der Waals surface area contributed by atoms with Crippen LogP contribution in [-0.2, 0) is 11.2 Å². The Balaban J connectivity index is 1.97. The van der Waals surface area contributed by atoms with Gasteiger partial charge < -0.3 is 4.74 Å². The second kappa shape index (κ2) is 6.56. The molecule has 0 spiro atoms. The molecule has 2 nitrogen and oxygen atoms in total. The third-order valence-corrected chi connectivity index (χ3v) is 4.69. The Kier molecular flexibility index (Phi) is 5.03. The average molecular weight is 325 g/mol. The van der Waals surface area contributed by atoms with Crippen LogP contribution in [0.1, 0.15) is 38.2 Å². The highest BCUT2D eigenvalue weighted by Gasteiger charge is 2.24. The summed E-state index contributed by atoms with van der Waals surface area (Å²) in [7, 11) is 1.65. The molecule has 1 aliphatic rings. The molecule has 0 radical (unpaired) electrons. The summed E-state index contributed by atoms with van der Waals surface area (Å²) >= 11 is 3.46. The summed E-state index contributed by atoms with van der Waals surface area (Å²) in [6.45, 7) is 2.28. The van der Waals surface area contributed by atoms with E-state index in [1.807, 2.05) is 18.2 Å². The second-order valence-electron chi connectivity index (χ2n) is 5.57. The number of halogens is 1. The predicted molar refractivity (Wildman–Crippen MR) is 80.5 cm³/mol. The van der Waals surface area contributed by atoms with Gasteiger partial charge in [-0.15, -0.1) is 0 Å². The first-order chi connectivity index (χ1) is 9.10. The lowest BCUT2D eigenvalue weighted by molar-refractivity contribution is -0.123. The first-order valence-electron chi connectivity index (χ1n) is 6.95. The molecule has 0 aromatic heterocycles. The molecule has 1 aliphatic carbocycles. The molecule has 1 aromatic carbocycles. The summed E-state index contributed by atoms with van der Waals surface area (Å²) in [5.41, 5.74) is 1.07. The lowest BCUT2D eigenvalue weighted by Gasteiger charge is -2.25. The van der Waals surface area contributed by atoms with Crippen molar-refractivity contribution in [2.45, 2.75) is 39.0 Å². The molecular formula is C16H21BrO2. The van der Waals surface area contributed by atoms with Crippen molar-refractivity contribution in [1.29, 1.82) is 0 Å². The average Bonchev–Trinajstić information content (AvgIpc) is 2.39. The van der Waals surface area contributed by atoms with Crippen LogP contribution in [-0.4, -0.2) is 12.9 Å². The molecule has 0 bridgehead atoms. The molecule has 0 aliphatic heterocycles. The maximum atomic E-state index is 12.3. The molecule has 3 heteroatoms. The zero-order valence-electron chi connectivity index (χ0n) is 11.6. The summed E-state index contributed by atoms with van der Waals surface area (Å²) in [6.07, 6.45) is 5.07. The van der Waals surface area contributed by atoms with Gasteiger partial charge in [0.1, 0.15) is 11.5 Å². The van der Waals surface area contributed by atoms with Gasteiger partial charge in [0.15, 0.2) is 0 Å². The van der Waals surface area contributed by atoms with Gasteiger partial charge in [0.05, 0.1) is 11.6 Å². The van der Waals surface area contributed by atoms with Crippen LogP contribution in [0.25, 0.3) is 0 Å². The number of ether oxygens (including phenoxy) is 1. The highest BCUT2D eigenvalue weighted by atomic mass is 79.9. The first kappa shape index (κ1) is 14.6. The zero-order valence-corrected chi connectivity index (χ0v) is 13.2. The van der Waals surface area contributed by atoms with Crippen LogP contribution < -0.4 is 4.74 Å². The van der Waals surface area contributed by atoms with E-state index in [4.69, 9.17) is 4.74 Å². The lowest BCUT2D eigenvalue weighted by Crippen LogP contribution is -2.22. The Morgan fingerprint density at radius 2 is 2.00 bits per heavy atom. The van der Waals surface area contributed by atoms with Gasteiger partial charge in [0, 0.05) is 12.3 Å². The smallest absolute Gasteiger partial charge is 0.140 e. The van der Waals surface area contributed by atoms with Crippen LogP contribution in [0.4, 0.5) is 0 Å². The molecule has 0 saturated heterocycles. The van der Waals surface area contributed by atoms with Gasteiger partial charge in [-0.05, 0) is 52.4 Å². The molecule has 1 aromatic rings. The standard InChI is InChI=1S/C16H21BrO2/c1-11-3-6-13(7-4-11)15(18)10-12-5-8-16(19-2)14(17)9-12/h5,8-9,11,13H,3-4,6-7,10H2,1-2H3.